The standard InChI is InChI=1S/C26H28F4N4O4/c1-14(2)25(36)32-13-17-5-7-18(26(28,29)30)22(23(17)27)24-33-19(11-20(35)34-24)16-6-8-21(31-12-16)38-10-9-37-15(3)4/h5-8,11-12,14-15H,9-10,13H2,1-4H3,(H,32,36)(H,33,34,35). The van der Waals surface area contributed by atoms with Crippen molar-refractivity contribution in [3.05, 3.63) is 63.8 Å². The number of benzene rings is 1. The number of rotatable bonds is 10. The van der Waals surface area contributed by atoms with Crippen LogP contribution < -0.4 is 15.6 Å². The maximum Gasteiger partial charge on any atom is 0.417 e. The number of hydrogen-bond donors (Lipinski definition) is 2. The van der Waals surface area contributed by atoms with E-state index in [2.05, 4.69) is 20.3 Å². The molecule has 2 aromatic heterocycles. The first-order valence-corrected chi connectivity index (χ1v) is 11.9. The lowest BCUT2D eigenvalue weighted by Gasteiger charge is -2.17. The van der Waals surface area contributed by atoms with Gasteiger partial charge in [0.15, 0.2) is 0 Å². The number of nitrogens with one attached hydrogen (secondary N) is 2. The van der Waals surface area contributed by atoms with Crippen LogP contribution >= 0.6 is 0 Å². The van der Waals surface area contributed by atoms with Gasteiger partial charge in [-0.2, -0.15) is 13.2 Å². The Morgan fingerprint density at radius 3 is 2.45 bits per heavy atom. The largest absolute Gasteiger partial charge is 0.475 e. The first-order chi connectivity index (χ1) is 17.9. The minimum atomic E-state index is -4.94. The average molecular weight is 537 g/mol. The third-order valence-corrected chi connectivity index (χ3v) is 5.30. The van der Waals surface area contributed by atoms with E-state index in [1.165, 1.54) is 18.3 Å². The topological polar surface area (TPSA) is 106 Å². The number of nitrogens with zero attached hydrogens (tertiary/aromatic N) is 2. The van der Waals surface area contributed by atoms with E-state index >= 15 is 4.39 Å². The van der Waals surface area contributed by atoms with E-state index in [-0.39, 0.29) is 36.4 Å². The fourth-order valence-corrected chi connectivity index (χ4v) is 3.38. The fraction of sp³-hybridized carbons (Fsp3) is 0.385. The Morgan fingerprint density at radius 2 is 1.84 bits per heavy atom. The second-order valence-electron chi connectivity index (χ2n) is 8.96. The van der Waals surface area contributed by atoms with Gasteiger partial charge < -0.3 is 19.8 Å². The highest BCUT2D eigenvalue weighted by Crippen LogP contribution is 2.38. The number of hydrogen-bond acceptors (Lipinski definition) is 6. The molecule has 0 aliphatic rings. The molecule has 0 saturated carbocycles. The van der Waals surface area contributed by atoms with Crippen molar-refractivity contribution < 1.29 is 31.8 Å². The van der Waals surface area contributed by atoms with Crippen LogP contribution in [-0.4, -0.2) is 40.2 Å². The minimum Gasteiger partial charge on any atom is -0.475 e. The Labute approximate surface area is 216 Å². The van der Waals surface area contributed by atoms with Gasteiger partial charge >= 0.3 is 6.18 Å². The molecule has 38 heavy (non-hydrogen) atoms. The molecule has 8 nitrogen and oxygen atoms in total. The summed E-state index contributed by atoms with van der Waals surface area (Å²) in [6.45, 7) is 7.29. The molecule has 12 heteroatoms. The van der Waals surface area contributed by atoms with Crippen molar-refractivity contribution in [3.63, 3.8) is 0 Å². The summed E-state index contributed by atoms with van der Waals surface area (Å²) in [5, 5.41) is 2.47. The summed E-state index contributed by atoms with van der Waals surface area (Å²) in [6, 6.07) is 5.73. The van der Waals surface area contributed by atoms with E-state index in [1.807, 2.05) is 13.8 Å². The lowest BCUT2D eigenvalue weighted by molar-refractivity contribution is -0.137. The number of aromatic nitrogens is 3. The number of halogens is 4. The van der Waals surface area contributed by atoms with Gasteiger partial charge in [-0.15, -0.1) is 0 Å². The first-order valence-electron chi connectivity index (χ1n) is 11.9. The predicted octanol–water partition coefficient (Wildman–Crippen LogP) is 4.73. The van der Waals surface area contributed by atoms with Crippen molar-refractivity contribution in [2.45, 2.75) is 46.5 Å². The lowest BCUT2D eigenvalue weighted by atomic mass is 10.0. The Kier molecular flexibility index (Phi) is 9.21. The molecule has 2 N–H and O–H groups in total. The Bertz CT molecular complexity index is 1320. The average Bonchev–Trinajstić information content (AvgIpc) is 2.84. The Balaban J connectivity index is 1.97. The minimum absolute atomic E-state index is 0.0167. The summed E-state index contributed by atoms with van der Waals surface area (Å²) < 4.78 is 67.8. The van der Waals surface area contributed by atoms with Crippen LogP contribution in [0.4, 0.5) is 17.6 Å². The van der Waals surface area contributed by atoms with E-state index < -0.39 is 46.3 Å². The maximum absolute atomic E-state index is 15.5. The summed E-state index contributed by atoms with van der Waals surface area (Å²) in [7, 11) is 0. The summed E-state index contributed by atoms with van der Waals surface area (Å²) in [6.07, 6.45) is -3.56. The number of pyridine rings is 1. The van der Waals surface area contributed by atoms with Gasteiger partial charge in [-0.05, 0) is 26.0 Å². The van der Waals surface area contributed by atoms with E-state index in [4.69, 9.17) is 9.47 Å². The van der Waals surface area contributed by atoms with Crippen molar-refractivity contribution in [3.8, 4) is 28.5 Å². The molecule has 0 saturated heterocycles. The second-order valence-corrected chi connectivity index (χ2v) is 8.96. The van der Waals surface area contributed by atoms with Crippen LogP contribution in [0.1, 0.15) is 38.8 Å². The molecule has 3 rings (SSSR count). The van der Waals surface area contributed by atoms with Gasteiger partial charge in [0.1, 0.15) is 18.2 Å². The molecule has 0 unspecified atom stereocenters. The van der Waals surface area contributed by atoms with Gasteiger partial charge in [-0.1, -0.05) is 19.9 Å². The van der Waals surface area contributed by atoms with Gasteiger partial charge in [0.2, 0.25) is 11.8 Å². The number of alkyl halides is 3. The van der Waals surface area contributed by atoms with Gasteiger partial charge in [0, 0.05) is 41.9 Å². The van der Waals surface area contributed by atoms with Crippen molar-refractivity contribution in [1.82, 2.24) is 20.3 Å². The zero-order valence-corrected chi connectivity index (χ0v) is 21.3. The molecule has 2 heterocycles. The summed E-state index contributed by atoms with van der Waals surface area (Å²) in [5.74, 6) is -2.39. The number of carbonyl (C=O) groups excluding carboxylic acids is 1. The molecule has 0 atom stereocenters. The van der Waals surface area contributed by atoms with Gasteiger partial charge in [0.05, 0.1) is 29.5 Å². The van der Waals surface area contributed by atoms with Crippen LogP contribution in [-0.2, 0) is 22.3 Å². The van der Waals surface area contributed by atoms with Gasteiger partial charge in [-0.25, -0.2) is 14.4 Å². The van der Waals surface area contributed by atoms with Crippen LogP contribution in [0.2, 0.25) is 0 Å². The molecule has 0 bridgehead atoms. The number of carbonyl (C=O) groups is 1. The summed E-state index contributed by atoms with van der Waals surface area (Å²) >= 11 is 0. The number of amides is 1. The third kappa shape index (κ3) is 7.37. The van der Waals surface area contributed by atoms with E-state index in [9.17, 15) is 22.8 Å². The summed E-state index contributed by atoms with van der Waals surface area (Å²) in [5.41, 5.74) is -2.94. The van der Waals surface area contributed by atoms with Crippen molar-refractivity contribution >= 4 is 5.91 Å². The van der Waals surface area contributed by atoms with Crippen LogP contribution in [0.25, 0.3) is 22.6 Å². The van der Waals surface area contributed by atoms with Crippen molar-refractivity contribution in [2.75, 3.05) is 13.2 Å². The molecule has 0 fully saturated rings. The maximum atomic E-state index is 15.5. The molecule has 204 valence electrons. The van der Waals surface area contributed by atoms with Crippen LogP contribution in [0.15, 0.2) is 41.3 Å². The van der Waals surface area contributed by atoms with Crippen molar-refractivity contribution in [2.24, 2.45) is 5.92 Å². The molecule has 0 spiro atoms. The number of aromatic amines is 1. The number of ether oxygens (including phenoxy) is 2. The summed E-state index contributed by atoms with van der Waals surface area (Å²) in [4.78, 5) is 34.7. The molecule has 0 aliphatic carbocycles. The van der Waals surface area contributed by atoms with Gasteiger partial charge in [0.25, 0.3) is 5.56 Å². The van der Waals surface area contributed by atoms with Gasteiger partial charge in [-0.3, -0.25) is 9.59 Å². The van der Waals surface area contributed by atoms with E-state index in [1.54, 1.807) is 13.8 Å². The molecule has 1 amide bonds. The van der Waals surface area contributed by atoms with E-state index in [0.29, 0.717) is 18.2 Å². The fourth-order valence-electron chi connectivity index (χ4n) is 3.38. The zero-order valence-electron chi connectivity index (χ0n) is 21.3. The molecule has 0 radical (unpaired) electrons. The Morgan fingerprint density at radius 1 is 1.11 bits per heavy atom. The lowest BCUT2D eigenvalue weighted by Crippen LogP contribution is -2.27. The third-order valence-electron chi connectivity index (χ3n) is 5.30. The Hall–Kier alpha value is -3.80. The SMILES string of the molecule is CC(C)OCCOc1ccc(-c2cc(=O)[nH]c(-c3c(C(F)(F)F)ccc(CNC(=O)C(C)C)c3F)n2)cn1. The second kappa shape index (κ2) is 12.2. The predicted molar refractivity (Wildman–Crippen MR) is 132 cm³/mol. The highest BCUT2D eigenvalue weighted by atomic mass is 19.4. The monoisotopic (exact) mass is 536 g/mol. The smallest absolute Gasteiger partial charge is 0.417 e. The first kappa shape index (κ1) is 28.8. The van der Waals surface area contributed by atoms with Crippen molar-refractivity contribution in [1.29, 1.82) is 0 Å². The molecule has 0 aliphatic heterocycles. The van der Waals surface area contributed by atoms with E-state index in [0.717, 1.165) is 12.1 Å². The highest BCUT2D eigenvalue weighted by Gasteiger charge is 2.36. The van der Waals surface area contributed by atoms with Crippen LogP contribution in [0.5, 0.6) is 5.88 Å². The molecule has 3 aromatic rings. The quantitative estimate of drug-likeness (QED) is 0.287. The highest BCUT2D eigenvalue weighted by molar-refractivity contribution is 5.78. The molecule has 1 aromatic carbocycles. The van der Waals surface area contributed by atoms with Crippen LogP contribution in [0, 0.1) is 11.7 Å². The normalized spacial score (nSPS) is 11.7. The molecular weight excluding hydrogens is 508 g/mol. The van der Waals surface area contributed by atoms with Crippen LogP contribution in [0.3, 0.4) is 0 Å². The number of H-pyrrole nitrogens is 1. The molecular formula is C26H28F4N4O4. The zero-order chi connectivity index (χ0) is 28.0.